The molecule has 0 amide bonds. The molecule has 0 aliphatic heterocycles. The Bertz CT molecular complexity index is 676. The van der Waals surface area contributed by atoms with Gasteiger partial charge in [-0.3, -0.25) is 4.79 Å². The van der Waals surface area contributed by atoms with E-state index in [1.54, 1.807) is 0 Å². The summed E-state index contributed by atoms with van der Waals surface area (Å²) in [5.74, 6) is 1.90. The van der Waals surface area contributed by atoms with Crippen LogP contribution in [-0.2, 0) is 12.8 Å². The van der Waals surface area contributed by atoms with Crippen LogP contribution in [0.15, 0.2) is 42.5 Å². The van der Waals surface area contributed by atoms with E-state index in [1.165, 1.54) is 5.56 Å². The summed E-state index contributed by atoms with van der Waals surface area (Å²) in [6, 6.07) is 13.8. The minimum absolute atomic E-state index is 0.216. The molecular formula is C19H20O3. The third-order valence-electron chi connectivity index (χ3n) is 3.95. The minimum Gasteiger partial charge on any atom is -0.490 e. The highest BCUT2D eigenvalue weighted by Gasteiger charge is 2.22. The molecule has 0 heterocycles. The van der Waals surface area contributed by atoms with Gasteiger partial charge in [0.2, 0.25) is 0 Å². The quantitative estimate of drug-likeness (QED) is 0.760. The van der Waals surface area contributed by atoms with Crippen LogP contribution in [0.4, 0.5) is 0 Å². The molecule has 0 unspecified atom stereocenters. The third-order valence-corrected chi connectivity index (χ3v) is 3.95. The van der Waals surface area contributed by atoms with Crippen LogP contribution in [0.5, 0.6) is 11.5 Å². The number of rotatable bonds is 6. The average Bonchev–Trinajstić information content (AvgIpc) is 2.94. The molecule has 1 aliphatic rings. The van der Waals surface area contributed by atoms with E-state index in [-0.39, 0.29) is 5.78 Å². The second-order valence-electron chi connectivity index (χ2n) is 5.40. The number of Topliss-reactive ketones (excluding diaryl/α,β-unsaturated/α-hetero) is 1. The first-order chi connectivity index (χ1) is 10.8. The molecule has 1 aliphatic carbocycles. The van der Waals surface area contributed by atoms with E-state index >= 15 is 0 Å². The van der Waals surface area contributed by atoms with Crippen LogP contribution in [0.2, 0.25) is 0 Å². The van der Waals surface area contributed by atoms with E-state index in [2.05, 4.69) is 19.1 Å². The maximum absolute atomic E-state index is 11.7. The summed E-state index contributed by atoms with van der Waals surface area (Å²) in [7, 11) is 0. The molecule has 114 valence electrons. The van der Waals surface area contributed by atoms with Gasteiger partial charge >= 0.3 is 0 Å². The number of aryl methyl sites for hydroxylation is 1. The van der Waals surface area contributed by atoms with Gasteiger partial charge in [0, 0.05) is 17.5 Å². The van der Waals surface area contributed by atoms with Gasteiger partial charge in [-0.1, -0.05) is 31.2 Å². The van der Waals surface area contributed by atoms with Crippen molar-refractivity contribution in [2.45, 2.75) is 26.2 Å². The second-order valence-corrected chi connectivity index (χ2v) is 5.40. The molecule has 0 saturated heterocycles. The van der Waals surface area contributed by atoms with E-state index in [4.69, 9.17) is 9.47 Å². The first-order valence-electron chi connectivity index (χ1n) is 7.77. The second kappa shape index (κ2) is 6.65. The van der Waals surface area contributed by atoms with Gasteiger partial charge in [0.25, 0.3) is 0 Å². The summed E-state index contributed by atoms with van der Waals surface area (Å²) < 4.78 is 11.5. The number of ether oxygens (including phenoxy) is 2. The van der Waals surface area contributed by atoms with Gasteiger partial charge in [-0.05, 0) is 36.6 Å². The lowest BCUT2D eigenvalue weighted by atomic mass is 10.1. The largest absolute Gasteiger partial charge is 0.490 e. The van der Waals surface area contributed by atoms with Crippen molar-refractivity contribution in [3.63, 3.8) is 0 Å². The van der Waals surface area contributed by atoms with Gasteiger partial charge in [0.05, 0.1) is 0 Å². The zero-order chi connectivity index (χ0) is 15.4. The van der Waals surface area contributed by atoms with Gasteiger partial charge in [-0.25, -0.2) is 0 Å². The van der Waals surface area contributed by atoms with Crippen molar-refractivity contribution < 1.29 is 14.3 Å². The number of benzene rings is 2. The van der Waals surface area contributed by atoms with Crippen molar-refractivity contribution in [2.75, 3.05) is 13.2 Å². The fraction of sp³-hybridized carbons (Fsp3) is 0.316. The zero-order valence-corrected chi connectivity index (χ0v) is 12.8. The Hall–Kier alpha value is -2.29. The predicted molar refractivity (Wildman–Crippen MR) is 85.9 cm³/mol. The van der Waals surface area contributed by atoms with E-state index in [1.807, 2.05) is 30.3 Å². The first-order valence-corrected chi connectivity index (χ1v) is 7.77. The number of fused-ring (bicyclic) bond motifs is 1. The highest BCUT2D eigenvalue weighted by Crippen LogP contribution is 2.30. The highest BCUT2D eigenvalue weighted by atomic mass is 16.5. The molecule has 0 fully saturated rings. The highest BCUT2D eigenvalue weighted by molar-refractivity contribution is 6.01. The molecule has 0 aromatic heterocycles. The Labute approximate surface area is 130 Å². The molecule has 2 aromatic rings. The van der Waals surface area contributed by atoms with Crippen molar-refractivity contribution in [3.8, 4) is 11.5 Å². The predicted octanol–water partition coefficient (Wildman–Crippen LogP) is 3.84. The average molecular weight is 296 g/mol. The van der Waals surface area contributed by atoms with Crippen molar-refractivity contribution >= 4 is 5.78 Å². The molecule has 0 radical (unpaired) electrons. The lowest BCUT2D eigenvalue weighted by Crippen LogP contribution is -2.10. The molecule has 2 aromatic carbocycles. The van der Waals surface area contributed by atoms with Gasteiger partial charge in [-0.15, -0.1) is 0 Å². The van der Waals surface area contributed by atoms with Crippen LogP contribution in [0.3, 0.4) is 0 Å². The molecule has 0 spiro atoms. The molecule has 0 N–H and O–H groups in total. The number of ketones is 1. The topological polar surface area (TPSA) is 35.5 Å². The first kappa shape index (κ1) is 14.6. The van der Waals surface area contributed by atoms with E-state index < -0.39 is 0 Å². The van der Waals surface area contributed by atoms with Crippen LogP contribution in [0, 0.1) is 0 Å². The van der Waals surface area contributed by atoms with Gasteiger partial charge in [-0.2, -0.15) is 0 Å². The Morgan fingerprint density at radius 1 is 1.00 bits per heavy atom. The SMILES string of the molecule is CCc1cccc(OCCOc2cccc3c2CCC3=O)c1. The van der Waals surface area contributed by atoms with Gasteiger partial charge in [0.15, 0.2) is 5.78 Å². The molecule has 3 nitrogen and oxygen atoms in total. The summed E-state index contributed by atoms with van der Waals surface area (Å²) in [4.78, 5) is 11.7. The van der Waals surface area contributed by atoms with Crippen LogP contribution in [0.1, 0.15) is 34.8 Å². The Morgan fingerprint density at radius 3 is 2.68 bits per heavy atom. The van der Waals surface area contributed by atoms with Crippen molar-refractivity contribution in [1.82, 2.24) is 0 Å². The summed E-state index contributed by atoms with van der Waals surface area (Å²) in [5.41, 5.74) is 3.12. The molecule has 3 heteroatoms. The number of hydrogen-bond acceptors (Lipinski definition) is 3. The number of carbonyl (C=O) groups excluding carboxylic acids is 1. The maximum atomic E-state index is 11.7. The molecule has 0 atom stereocenters. The summed E-state index contributed by atoms with van der Waals surface area (Å²) in [6.07, 6.45) is 2.37. The maximum Gasteiger partial charge on any atom is 0.163 e. The zero-order valence-electron chi connectivity index (χ0n) is 12.8. The Morgan fingerprint density at radius 2 is 1.82 bits per heavy atom. The van der Waals surface area contributed by atoms with Crippen LogP contribution < -0.4 is 9.47 Å². The molecular weight excluding hydrogens is 276 g/mol. The third kappa shape index (κ3) is 3.14. The summed E-state index contributed by atoms with van der Waals surface area (Å²) >= 11 is 0. The molecule has 3 rings (SSSR count). The summed E-state index contributed by atoms with van der Waals surface area (Å²) in [5, 5.41) is 0. The van der Waals surface area contributed by atoms with E-state index in [0.717, 1.165) is 35.5 Å². The normalized spacial score (nSPS) is 13.0. The Kier molecular flexibility index (Phi) is 4.42. The van der Waals surface area contributed by atoms with E-state index in [0.29, 0.717) is 19.6 Å². The lowest BCUT2D eigenvalue weighted by molar-refractivity contribution is 0.0994. The minimum atomic E-state index is 0.216. The van der Waals surface area contributed by atoms with Gasteiger partial charge < -0.3 is 9.47 Å². The smallest absolute Gasteiger partial charge is 0.163 e. The molecule has 0 saturated carbocycles. The summed E-state index contributed by atoms with van der Waals surface area (Å²) in [6.45, 7) is 3.09. The number of carbonyl (C=O) groups is 1. The van der Waals surface area contributed by atoms with Crippen molar-refractivity contribution in [2.24, 2.45) is 0 Å². The Balaban J connectivity index is 1.55. The van der Waals surface area contributed by atoms with Crippen LogP contribution >= 0.6 is 0 Å². The van der Waals surface area contributed by atoms with Crippen molar-refractivity contribution in [1.29, 1.82) is 0 Å². The standard InChI is InChI=1S/C19H20O3/c1-2-14-5-3-6-15(13-14)21-11-12-22-19-8-4-7-16-17(19)9-10-18(16)20/h3-8,13H,2,9-12H2,1H3. The van der Waals surface area contributed by atoms with Gasteiger partial charge in [0.1, 0.15) is 24.7 Å². The number of hydrogen-bond donors (Lipinski definition) is 0. The molecule has 0 bridgehead atoms. The fourth-order valence-electron chi connectivity index (χ4n) is 2.76. The fourth-order valence-corrected chi connectivity index (χ4v) is 2.76. The monoisotopic (exact) mass is 296 g/mol. The molecule has 22 heavy (non-hydrogen) atoms. The van der Waals surface area contributed by atoms with Crippen LogP contribution in [-0.4, -0.2) is 19.0 Å². The van der Waals surface area contributed by atoms with E-state index in [9.17, 15) is 4.79 Å². The lowest BCUT2D eigenvalue weighted by Gasteiger charge is -2.11. The van der Waals surface area contributed by atoms with Crippen molar-refractivity contribution in [3.05, 3.63) is 59.2 Å². The van der Waals surface area contributed by atoms with Crippen LogP contribution in [0.25, 0.3) is 0 Å².